The number of hydrogen-bond acceptors (Lipinski definition) is 3. The van der Waals surface area contributed by atoms with Gasteiger partial charge < -0.3 is 10.3 Å². The predicted molar refractivity (Wildman–Crippen MR) is 56.1 cm³/mol. The van der Waals surface area contributed by atoms with Gasteiger partial charge in [-0.3, -0.25) is 0 Å². The SMILES string of the molecule is Cc1ccc2noc(CC(C)N)c2c1. The first-order valence-corrected chi connectivity index (χ1v) is 4.77. The monoisotopic (exact) mass is 190 g/mol. The second kappa shape index (κ2) is 3.42. The van der Waals surface area contributed by atoms with E-state index in [0.717, 1.165) is 23.1 Å². The Morgan fingerprint density at radius 3 is 3.00 bits per heavy atom. The molecule has 2 rings (SSSR count). The van der Waals surface area contributed by atoms with Crippen LogP contribution in [0.15, 0.2) is 22.7 Å². The average Bonchev–Trinajstić information content (AvgIpc) is 2.47. The van der Waals surface area contributed by atoms with Crippen molar-refractivity contribution in [2.75, 3.05) is 0 Å². The van der Waals surface area contributed by atoms with Gasteiger partial charge in [-0.05, 0) is 26.0 Å². The van der Waals surface area contributed by atoms with Crippen molar-refractivity contribution in [1.29, 1.82) is 0 Å². The van der Waals surface area contributed by atoms with Crippen LogP contribution in [0.25, 0.3) is 10.9 Å². The summed E-state index contributed by atoms with van der Waals surface area (Å²) in [5, 5.41) is 5.07. The highest BCUT2D eigenvalue weighted by Crippen LogP contribution is 2.20. The molecule has 1 aromatic carbocycles. The fourth-order valence-corrected chi connectivity index (χ4v) is 1.55. The van der Waals surface area contributed by atoms with Crippen molar-refractivity contribution in [2.24, 2.45) is 5.73 Å². The summed E-state index contributed by atoms with van der Waals surface area (Å²) in [6.07, 6.45) is 0.736. The zero-order valence-electron chi connectivity index (χ0n) is 8.45. The van der Waals surface area contributed by atoms with Gasteiger partial charge in [0.2, 0.25) is 0 Å². The standard InChI is InChI=1S/C11H14N2O/c1-7-3-4-10-9(5-7)11(14-13-10)6-8(2)12/h3-5,8H,6,12H2,1-2H3. The minimum absolute atomic E-state index is 0.103. The molecule has 0 aliphatic carbocycles. The van der Waals surface area contributed by atoms with E-state index in [1.54, 1.807) is 0 Å². The summed E-state index contributed by atoms with van der Waals surface area (Å²) in [4.78, 5) is 0. The Labute approximate surface area is 82.9 Å². The molecule has 0 amide bonds. The molecule has 0 aliphatic heterocycles. The average molecular weight is 190 g/mol. The van der Waals surface area contributed by atoms with Crippen LogP contribution < -0.4 is 5.73 Å². The highest BCUT2D eigenvalue weighted by molar-refractivity contribution is 5.81. The van der Waals surface area contributed by atoms with Crippen LogP contribution in [-0.4, -0.2) is 11.2 Å². The van der Waals surface area contributed by atoms with Gasteiger partial charge in [0.1, 0.15) is 11.3 Å². The van der Waals surface area contributed by atoms with Gasteiger partial charge in [-0.25, -0.2) is 0 Å². The smallest absolute Gasteiger partial charge is 0.146 e. The van der Waals surface area contributed by atoms with Crippen molar-refractivity contribution in [1.82, 2.24) is 5.16 Å². The van der Waals surface area contributed by atoms with Crippen LogP contribution in [0.2, 0.25) is 0 Å². The Kier molecular flexibility index (Phi) is 2.25. The van der Waals surface area contributed by atoms with Crippen molar-refractivity contribution < 1.29 is 4.52 Å². The highest BCUT2D eigenvalue weighted by atomic mass is 16.5. The molecule has 0 aliphatic rings. The van der Waals surface area contributed by atoms with E-state index in [9.17, 15) is 0 Å². The number of nitrogens with zero attached hydrogens (tertiary/aromatic N) is 1. The van der Waals surface area contributed by atoms with Gasteiger partial charge in [-0.15, -0.1) is 0 Å². The third kappa shape index (κ3) is 1.63. The molecule has 0 saturated heterocycles. The second-order valence-electron chi connectivity index (χ2n) is 3.81. The largest absolute Gasteiger partial charge is 0.360 e. The zero-order valence-corrected chi connectivity index (χ0v) is 8.45. The molecule has 0 spiro atoms. The minimum Gasteiger partial charge on any atom is -0.360 e. The minimum atomic E-state index is 0.103. The van der Waals surface area contributed by atoms with Crippen LogP contribution in [0, 0.1) is 6.92 Å². The van der Waals surface area contributed by atoms with Gasteiger partial charge in [0, 0.05) is 17.8 Å². The molecule has 1 aromatic heterocycles. The summed E-state index contributed by atoms with van der Waals surface area (Å²) in [6.45, 7) is 4.02. The number of hydrogen-bond donors (Lipinski definition) is 1. The summed E-state index contributed by atoms with van der Waals surface area (Å²) >= 11 is 0. The lowest BCUT2D eigenvalue weighted by Gasteiger charge is -2.00. The number of rotatable bonds is 2. The van der Waals surface area contributed by atoms with Gasteiger partial charge in [0.15, 0.2) is 0 Å². The normalized spacial score (nSPS) is 13.4. The Hall–Kier alpha value is -1.35. The van der Waals surface area contributed by atoms with Crippen LogP contribution in [-0.2, 0) is 6.42 Å². The third-order valence-corrected chi connectivity index (χ3v) is 2.21. The van der Waals surface area contributed by atoms with E-state index in [1.165, 1.54) is 5.56 Å². The van der Waals surface area contributed by atoms with Crippen LogP contribution in [0.4, 0.5) is 0 Å². The summed E-state index contributed by atoms with van der Waals surface area (Å²) in [5.74, 6) is 0.888. The number of aryl methyl sites for hydroxylation is 1. The lowest BCUT2D eigenvalue weighted by Crippen LogP contribution is -2.17. The van der Waals surface area contributed by atoms with E-state index in [0.29, 0.717) is 0 Å². The van der Waals surface area contributed by atoms with E-state index in [1.807, 2.05) is 19.1 Å². The maximum Gasteiger partial charge on any atom is 0.146 e. The lowest BCUT2D eigenvalue weighted by molar-refractivity contribution is 0.384. The molecule has 14 heavy (non-hydrogen) atoms. The summed E-state index contributed by atoms with van der Waals surface area (Å²) in [5.41, 5.74) is 7.85. The molecule has 1 unspecified atom stereocenters. The Morgan fingerprint density at radius 1 is 1.50 bits per heavy atom. The summed E-state index contributed by atoms with van der Waals surface area (Å²) in [6, 6.07) is 6.19. The van der Waals surface area contributed by atoms with Gasteiger partial charge in [-0.1, -0.05) is 16.8 Å². The third-order valence-electron chi connectivity index (χ3n) is 2.21. The number of nitrogens with two attached hydrogens (primary N) is 1. The Bertz CT molecular complexity index is 445. The van der Waals surface area contributed by atoms with E-state index < -0.39 is 0 Å². The van der Waals surface area contributed by atoms with Crippen molar-refractivity contribution >= 4 is 10.9 Å². The molecule has 0 fully saturated rings. The summed E-state index contributed by atoms with van der Waals surface area (Å²) in [7, 11) is 0. The maximum atomic E-state index is 5.72. The molecule has 1 atom stereocenters. The number of benzene rings is 1. The van der Waals surface area contributed by atoms with E-state index >= 15 is 0 Å². The highest BCUT2D eigenvalue weighted by Gasteiger charge is 2.09. The first-order valence-electron chi connectivity index (χ1n) is 4.77. The first kappa shape index (κ1) is 9.21. The maximum absolute atomic E-state index is 5.72. The van der Waals surface area contributed by atoms with Crippen LogP contribution in [0.5, 0.6) is 0 Å². The van der Waals surface area contributed by atoms with E-state index in [4.69, 9.17) is 10.3 Å². The molecule has 1 heterocycles. The zero-order chi connectivity index (χ0) is 10.1. The molecule has 2 aromatic rings. The number of fused-ring (bicyclic) bond motifs is 1. The topological polar surface area (TPSA) is 52.0 Å². The molecule has 0 radical (unpaired) electrons. The van der Waals surface area contributed by atoms with Crippen LogP contribution in [0.1, 0.15) is 18.2 Å². The molecular formula is C11H14N2O. The van der Waals surface area contributed by atoms with Crippen LogP contribution in [0.3, 0.4) is 0 Å². The van der Waals surface area contributed by atoms with Crippen molar-refractivity contribution in [3.63, 3.8) is 0 Å². The molecule has 2 N–H and O–H groups in total. The molecule has 3 heteroatoms. The lowest BCUT2D eigenvalue weighted by atomic mass is 10.1. The molecule has 0 saturated carbocycles. The molecule has 0 bridgehead atoms. The summed E-state index contributed by atoms with van der Waals surface area (Å²) < 4.78 is 5.25. The van der Waals surface area contributed by atoms with Gasteiger partial charge in [-0.2, -0.15) is 0 Å². The molecule has 74 valence electrons. The van der Waals surface area contributed by atoms with Gasteiger partial charge >= 0.3 is 0 Å². The Balaban J connectivity index is 2.50. The van der Waals surface area contributed by atoms with E-state index in [-0.39, 0.29) is 6.04 Å². The number of aromatic nitrogens is 1. The van der Waals surface area contributed by atoms with Crippen LogP contribution >= 0.6 is 0 Å². The first-order chi connectivity index (χ1) is 6.66. The molecular weight excluding hydrogens is 176 g/mol. The van der Waals surface area contributed by atoms with Gasteiger partial charge in [0.25, 0.3) is 0 Å². The fourth-order valence-electron chi connectivity index (χ4n) is 1.55. The van der Waals surface area contributed by atoms with Gasteiger partial charge in [0.05, 0.1) is 0 Å². The second-order valence-corrected chi connectivity index (χ2v) is 3.81. The molecule has 3 nitrogen and oxygen atoms in total. The Morgan fingerprint density at radius 2 is 2.29 bits per heavy atom. The van der Waals surface area contributed by atoms with E-state index in [2.05, 4.69) is 18.1 Å². The predicted octanol–water partition coefficient (Wildman–Crippen LogP) is 2.03. The quantitative estimate of drug-likeness (QED) is 0.788. The van der Waals surface area contributed by atoms with Crippen molar-refractivity contribution in [2.45, 2.75) is 26.3 Å². The van der Waals surface area contributed by atoms with Crippen molar-refractivity contribution in [3.05, 3.63) is 29.5 Å². The fraction of sp³-hybridized carbons (Fsp3) is 0.364. The van der Waals surface area contributed by atoms with Crippen molar-refractivity contribution in [3.8, 4) is 0 Å².